The van der Waals surface area contributed by atoms with Gasteiger partial charge in [-0.2, -0.15) is 0 Å². The van der Waals surface area contributed by atoms with Crippen LogP contribution in [-0.4, -0.2) is 12.5 Å². The van der Waals surface area contributed by atoms with E-state index in [9.17, 15) is 4.79 Å². The minimum Gasteiger partial charge on any atom is -0.493 e. The summed E-state index contributed by atoms with van der Waals surface area (Å²) >= 11 is 1.69. The van der Waals surface area contributed by atoms with Crippen molar-refractivity contribution in [2.75, 3.05) is 11.9 Å². The van der Waals surface area contributed by atoms with Crippen molar-refractivity contribution in [2.45, 2.75) is 6.92 Å². The van der Waals surface area contributed by atoms with E-state index < -0.39 is 0 Å². The van der Waals surface area contributed by atoms with E-state index in [4.69, 9.17) is 4.74 Å². The summed E-state index contributed by atoms with van der Waals surface area (Å²) in [5.74, 6) is 0.707. The van der Waals surface area contributed by atoms with Gasteiger partial charge < -0.3 is 10.1 Å². The van der Waals surface area contributed by atoms with E-state index in [2.05, 4.69) is 22.8 Å². The van der Waals surface area contributed by atoms with Gasteiger partial charge in [-0.25, -0.2) is 0 Å². The quantitative estimate of drug-likeness (QED) is 0.650. The summed E-state index contributed by atoms with van der Waals surface area (Å²) in [6, 6.07) is 18.0. The van der Waals surface area contributed by atoms with Crippen molar-refractivity contribution in [3.63, 3.8) is 0 Å². The number of anilines is 1. The van der Waals surface area contributed by atoms with E-state index in [1.54, 1.807) is 11.3 Å². The van der Waals surface area contributed by atoms with Crippen LogP contribution in [0, 0.1) is 0 Å². The van der Waals surface area contributed by atoms with E-state index in [0.717, 1.165) is 28.1 Å². The molecule has 0 aliphatic carbocycles. The molecule has 0 bridgehead atoms. The molecule has 4 rings (SSSR count). The average molecular weight is 347 g/mol. The molecular formula is C21H17NO2S. The maximum absolute atomic E-state index is 12.5. The van der Waals surface area contributed by atoms with Crippen LogP contribution < -0.4 is 10.1 Å². The third-order valence-corrected chi connectivity index (χ3v) is 5.05. The van der Waals surface area contributed by atoms with Crippen LogP contribution in [0.3, 0.4) is 0 Å². The Morgan fingerprint density at radius 3 is 2.80 bits per heavy atom. The van der Waals surface area contributed by atoms with E-state index in [1.165, 1.54) is 4.88 Å². The predicted octanol–water partition coefficient (Wildman–Crippen LogP) is 5.31. The highest BCUT2D eigenvalue weighted by molar-refractivity contribution is 7.13. The highest BCUT2D eigenvalue weighted by atomic mass is 32.1. The Balaban J connectivity index is 1.75. The van der Waals surface area contributed by atoms with Crippen LogP contribution in [-0.2, 0) is 4.79 Å². The number of hydrogen-bond acceptors (Lipinski definition) is 3. The minimum atomic E-state index is -0.0790. The normalized spacial score (nSPS) is 14.4. The molecule has 1 aliphatic heterocycles. The van der Waals surface area contributed by atoms with E-state index in [1.807, 2.05) is 55.5 Å². The number of amides is 1. The van der Waals surface area contributed by atoms with E-state index in [-0.39, 0.29) is 5.91 Å². The van der Waals surface area contributed by atoms with Gasteiger partial charge in [-0.1, -0.05) is 36.4 Å². The van der Waals surface area contributed by atoms with Crippen LogP contribution in [0.5, 0.6) is 5.75 Å². The summed E-state index contributed by atoms with van der Waals surface area (Å²) in [6.45, 7) is 2.54. The molecule has 0 saturated heterocycles. The maximum atomic E-state index is 12.5. The fourth-order valence-electron chi connectivity index (χ4n) is 2.98. The lowest BCUT2D eigenvalue weighted by atomic mass is 10.0. The van der Waals surface area contributed by atoms with Gasteiger partial charge >= 0.3 is 0 Å². The zero-order valence-corrected chi connectivity index (χ0v) is 14.6. The molecule has 0 unspecified atom stereocenters. The Hall–Kier alpha value is -2.85. The molecule has 0 saturated carbocycles. The number of ether oxygens (including phenoxy) is 1. The molecule has 1 amide bonds. The number of fused-ring (bicyclic) bond motifs is 1. The Morgan fingerprint density at radius 2 is 2.00 bits per heavy atom. The van der Waals surface area contributed by atoms with Crippen LogP contribution in [0.2, 0.25) is 0 Å². The van der Waals surface area contributed by atoms with Crippen molar-refractivity contribution in [1.82, 2.24) is 0 Å². The summed E-state index contributed by atoms with van der Waals surface area (Å²) < 4.78 is 5.66. The number of benzene rings is 2. The molecule has 3 aromatic rings. The first-order chi connectivity index (χ1) is 12.3. The molecule has 4 heteroatoms. The third kappa shape index (κ3) is 2.96. The summed E-state index contributed by atoms with van der Waals surface area (Å²) in [5, 5.41) is 5.03. The fraction of sp³-hybridized carbons (Fsp3) is 0.0952. The van der Waals surface area contributed by atoms with Gasteiger partial charge in [0.05, 0.1) is 6.61 Å². The molecule has 0 atom stereocenters. The standard InChI is InChI=1S/C21H17NO2S/c1-2-24-19-7-4-3-6-14(19)12-17-16-10-9-15(20-8-5-11-25-20)13-18(16)22-21(17)23/h3-13H,2H2,1H3,(H,22,23)/b17-12+. The SMILES string of the molecule is CCOc1ccccc1/C=C1/C(=O)Nc2cc(-c3cccs3)ccc21. The predicted molar refractivity (Wildman–Crippen MR) is 104 cm³/mol. The molecule has 25 heavy (non-hydrogen) atoms. The second-order valence-electron chi connectivity index (χ2n) is 5.72. The molecule has 1 aliphatic rings. The first-order valence-electron chi connectivity index (χ1n) is 8.19. The average Bonchev–Trinajstić information content (AvgIpc) is 3.25. The lowest BCUT2D eigenvalue weighted by Crippen LogP contribution is -2.03. The monoisotopic (exact) mass is 347 g/mol. The highest BCUT2D eigenvalue weighted by Crippen LogP contribution is 2.38. The zero-order valence-electron chi connectivity index (χ0n) is 13.8. The van der Waals surface area contributed by atoms with Gasteiger partial charge in [0.1, 0.15) is 5.75 Å². The van der Waals surface area contributed by atoms with Gasteiger partial charge in [0.2, 0.25) is 0 Å². The molecule has 1 aromatic heterocycles. The minimum absolute atomic E-state index is 0.0790. The van der Waals surface area contributed by atoms with Gasteiger partial charge in [0, 0.05) is 27.3 Å². The van der Waals surface area contributed by atoms with Crippen molar-refractivity contribution in [2.24, 2.45) is 0 Å². The summed E-state index contributed by atoms with van der Waals surface area (Å²) in [7, 11) is 0. The second kappa shape index (κ2) is 6.57. The van der Waals surface area contributed by atoms with Crippen molar-refractivity contribution in [3.8, 4) is 16.2 Å². The number of rotatable bonds is 4. The van der Waals surface area contributed by atoms with Gasteiger partial charge in [0.15, 0.2) is 0 Å². The van der Waals surface area contributed by atoms with Crippen molar-refractivity contribution in [3.05, 3.63) is 71.1 Å². The van der Waals surface area contributed by atoms with Gasteiger partial charge in [0.25, 0.3) is 5.91 Å². The van der Waals surface area contributed by atoms with Crippen LogP contribution in [0.25, 0.3) is 22.1 Å². The van der Waals surface area contributed by atoms with Gasteiger partial charge in [-0.15, -0.1) is 11.3 Å². The summed E-state index contributed by atoms with van der Waals surface area (Å²) in [6.07, 6.45) is 1.90. The first kappa shape index (κ1) is 15.7. The molecule has 0 spiro atoms. The maximum Gasteiger partial charge on any atom is 0.256 e. The first-order valence-corrected chi connectivity index (χ1v) is 9.07. The van der Waals surface area contributed by atoms with Crippen LogP contribution in [0.15, 0.2) is 60.0 Å². The zero-order chi connectivity index (χ0) is 17.2. The van der Waals surface area contributed by atoms with Crippen LogP contribution in [0.1, 0.15) is 18.1 Å². The Bertz CT molecular complexity index is 958. The molecule has 3 nitrogen and oxygen atoms in total. The third-order valence-electron chi connectivity index (χ3n) is 4.13. The second-order valence-corrected chi connectivity index (χ2v) is 6.67. The highest BCUT2D eigenvalue weighted by Gasteiger charge is 2.24. The van der Waals surface area contributed by atoms with Crippen molar-refractivity contribution in [1.29, 1.82) is 0 Å². The number of carbonyl (C=O) groups is 1. The largest absolute Gasteiger partial charge is 0.493 e. The lowest BCUT2D eigenvalue weighted by molar-refractivity contribution is -0.110. The van der Waals surface area contributed by atoms with Crippen LogP contribution in [0.4, 0.5) is 5.69 Å². The molecule has 1 N–H and O–H groups in total. The lowest BCUT2D eigenvalue weighted by Gasteiger charge is -2.07. The molecule has 2 heterocycles. The topological polar surface area (TPSA) is 38.3 Å². The fourth-order valence-corrected chi connectivity index (χ4v) is 3.70. The molecule has 124 valence electrons. The number of thiophene rings is 1. The van der Waals surface area contributed by atoms with Gasteiger partial charge in [-0.3, -0.25) is 4.79 Å². The smallest absolute Gasteiger partial charge is 0.256 e. The van der Waals surface area contributed by atoms with Crippen LogP contribution >= 0.6 is 11.3 Å². The molecule has 2 aromatic carbocycles. The molecule has 0 fully saturated rings. The van der Waals surface area contributed by atoms with E-state index >= 15 is 0 Å². The number of nitrogens with one attached hydrogen (secondary N) is 1. The van der Waals surface area contributed by atoms with Crippen molar-refractivity contribution >= 4 is 34.6 Å². The summed E-state index contributed by atoms with van der Waals surface area (Å²) in [4.78, 5) is 13.7. The summed E-state index contributed by atoms with van der Waals surface area (Å²) in [5.41, 5.74) is 4.47. The number of para-hydroxylation sites is 1. The Labute approximate surface area is 150 Å². The number of hydrogen-bond donors (Lipinski definition) is 1. The number of carbonyl (C=O) groups excluding carboxylic acids is 1. The molecule has 0 radical (unpaired) electrons. The molecular weight excluding hydrogens is 330 g/mol. The van der Waals surface area contributed by atoms with E-state index in [0.29, 0.717) is 12.2 Å². The van der Waals surface area contributed by atoms with Gasteiger partial charge in [-0.05, 0) is 42.1 Å². The Morgan fingerprint density at radius 1 is 1.12 bits per heavy atom. The Kier molecular flexibility index (Phi) is 4.12. The van der Waals surface area contributed by atoms with Crippen molar-refractivity contribution < 1.29 is 9.53 Å².